The summed E-state index contributed by atoms with van der Waals surface area (Å²) in [6, 6.07) is 12.4. The number of hydrogen-bond acceptors (Lipinski definition) is 6. The van der Waals surface area contributed by atoms with E-state index in [9.17, 15) is 8.42 Å². The summed E-state index contributed by atoms with van der Waals surface area (Å²) in [5, 5.41) is 5.19. The summed E-state index contributed by atoms with van der Waals surface area (Å²) in [7, 11) is -3.65. The molecule has 0 aliphatic rings. The van der Waals surface area contributed by atoms with Crippen LogP contribution in [0.4, 0.5) is 5.69 Å². The summed E-state index contributed by atoms with van der Waals surface area (Å²) >= 11 is 1.53. The summed E-state index contributed by atoms with van der Waals surface area (Å²) in [5.74, 6) is 0.554. The van der Waals surface area contributed by atoms with E-state index in [0.717, 1.165) is 32.3 Å². The fourth-order valence-electron chi connectivity index (χ4n) is 2.92. The second-order valence-electron chi connectivity index (χ2n) is 7.08. The van der Waals surface area contributed by atoms with Crippen LogP contribution in [0, 0.1) is 27.7 Å². The number of nitrogens with zero attached hydrogens (tertiary/aromatic N) is 4. The molecule has 4 rings (SSSR count). The van der Waals surface area contributed by atoms with Crippen molar-refractivity contribution in [2.75, 3.05) is 4.72 Å². The summed E-state index contributed by atoms with van der Waals surface area (Å²) in [6.45, 7) is 7.79. The van der Waals surface area contributed by atoms with Gasteiger partial charge in [-0.05, 0) is 75.2 Å². The largest absolute Gasteiger partial charge is 0.280 e. The summed E-state index contributed by atoms with van der Waals surface area (Å²) in [4.78, 5) is 9.80. The van der Waals surface area contributed by atoms with Crippen LogP contribution in [0.1, 0.15) is 22.4 Å². The minimum absolute atomic E-state index is 0.250. The normalized spacial score (nSPS) is 11.7. The maximum absolute atomic E-state index is 12.7. The Morgan fingerprint density at radius 2 is 1.70 bits per heavy atom. The van der Waals surface area contributed by atoms with Crippen molar-refractivity contribution in [1.82, 2.24) is 19.6 Å². The maximum Gasteiger partial charge on any atom is 0.261 e. The highest BCUT2D eigenvalue weighted by Gasteiger charge is 2.16. The number of nitrogens with one attached hydrogen (secondary N) is 1. The third-order valence-electron chi connectivity index (χ3n) is 4.96. The van der Waals surface area contributed by atoms with E-state index in [-0.39, 0.29) is 4.90 Å². The Morgan fingerprint density at radius 1 is 0.967 bits per heavy atom. The van der Waals surface area contributed by atoms with Crippen LogP contribution in [-0.4, -0.2) is 28.0 Å². The molecular weight excluding hydrogens is 418 g/mol. The number of benzene rings is 2. The van der Waals surface area contributed by atoms with Crippen LogP contribution in [0.3, 0.4) is 0 Å². The van der Waals surface area contributed by atoms with E-state index in [0.29, 0.717) is 11.5 Å². The van der Waals surface area contributed by atoms with Crippen molar-refractivity contribution in [1.29, 1.82) is 0 Å². The molecule has 0 atom stereocenters. The van der Waals surface area contributed by atoms with Gasteiger partial charge in [-0.25, -0.2) is 13.4 Å². The molecule has 7 nitrogen and oxygen atoms in total. The lowest BCUT2D eigenvalue weighted by molar-refractivity contribution is 0.601. The van der Waals surface area contributed by atoms with Gasteiger partial charge >= 0.3 is 0 Å². The minimum Gasteiger partial charge on any atom is -0.280 e. The number of hydrogen-bond donors (Lipinski definition) is 1. The third-order valence-corrected chi connectivity index (χ3v) is 7.52. The highest BCUT2D eigenvalue weighted by Crippen LogP contribution is 2.32. The summed E-state index contributed by atoms with van der Waals surface area (Å²) in [6.07, 6.45) is 1.48. The summed E-state index contributed by atoms with van der Waals surface area (Å²) < 4.78 is 29.8. The molecule has 154 valence electrons. The maximum atomic E-state index is 12.7. The van der Waals surface area contributed by atoms with E-state index in [4.69, 9.17) is 0 Å². The van der Waals surface area contributed by atoms with Gasteiger partial charge in [0.05, 0.1) is 4.90 Å². The molecule has 0 amide bonds. The fraction of sp³-hybridized carbons (Fsp3) is 0.190. The lowest BCUT2D eigenvalue weighted by atomic mass is 10.1. The molecule has 30 heavy (non-hydrogen) atoms. The SMILES string of the molecule is Cc1ccc(S(=O)(=O)Nc2ccc(Sc3c(C)c(C)nc4ncnn34)cc2)cc1C. The van der Waals surface area contributed by atoms with Crippen molar-refractivity contribution in [2.24, 2.45) is 0 Å². The van der Waals surface area contributed by atoms with Gasteiger partial charge in [0.2, 0.25) is 0 Å². The van der Waals surface area contributed by atoms with Gasteiger partial charge in [-0.15, -0.1) is 0 Å². The van der Waals surface area contributed by atoms with Crippen LogP contribution in [-0.2, 0) is 10.0 Å². The molecule has 1 N–H and O–H groups in total. The first kappa shape index (κ1) is 20.4. The molecule has 2 aromatic carbocycles. The van der Waals surface area contributed by atoms with Crippen LogP contribution < -0.4 is 4.72 Å². The zero-order valence-electron chi connectivity index (χ0n) is 17.0. The third kappa shape index (κ3) is 3.90. The Kier molecular flexibility index (Phi) is 5.25. The van der Waals surface area contributed by atoms with Gasteiger partial charge < -0.3 is 0 Å². The highest BCUT2D eigenvalue weighted by atomic mass is 32.2. The highest BCUT2D eigenvalue weighted by molar-refractivity contribution is 7.99. The number of aryl methyl sites for hydroxylation is 3. The van der Waals surface area contributed by atoms with E-state index in [1.165, 1.54) is 18.1 Å². The van der Waals surface area contributed by atoms with Crippen molar-refractivity contribution in [3.63, 3.8) is 0 Å². The first-order chi connectivity index (χ1) is 14.2. The molecule has 2 heterocycles. The van der Waals surface area contributed by atoms with Crippen molar-refractivity contribution in [3.8, 4) is 0 Å². The van der Waals surface area contributed by atoms with Crippen molar-refractivity contribution in [3.05, 3.63) is 71.2 Å². The molecular formula is C21H21N5O2S2. The average molecular weight is 440 g/mol. The van der Waals surface area contributed by atoms with Crippen LogP contribution in [0.5, 0.6) is 0 Å². The number of fused-ring (bicyclic) bond motifs is 1. The molecule has 0 fully saturated rings. The molecule has 0 unspecified atom stereocenters. The van der Waals surface area contributed by atoms with Crippen LogP contribution >= 0.6 is 11.8 Å². The summed E-state index contributed by atoms with van der Waals surface area (Å²) in [5.41, 5.74) is 4.42. The Hall–Kier alpha value is -2.91. The van der Waals surface area contributed by atoms with Gasteiger partial charge in [0.15, 0.2) is 0 Å². The standard InChI is InChI=1S/C21H21N5O2S2/c1-13-5-10-19(11-14(13)2)30(27,28)25-17-6-8-18(9-7-17)29-20-15(3)16(4)24-21-22-12-23-26(20)21/h5-12,25H,1-4H3. The lowest BCUT2D eigenvalue weighted by Gasteiger charge is -2.12. The van der Waals surface area contributed by atoms with Gasteiger partial charge in [-0.2, -0.15) is 14.6 Å². The first-order valence-electron chi connectivity index (χ1n) is 9.29. The van der Waals surface area contributed by atoms with E-state index in [2.05, 4.69) is 19.8 Å². The molecule has 9 heteroatoms. The smallest absolute Gasteiger partial charge is 0.261 e. The Morgan fingerprint density at radius 3 is 2.40 bits per heavy atom. The fourth-order valence-corrected chi connectivity index (χ4v) is 5.07. The zero-order chi connectivity index (χ0) is 21.5. The average Bonchev–Trinajstić information content (AvgIpc) is 3.16. The van der Waals surface area contributed by atoms with Gasteiger partial charge in [0.1, 0.15) is 11.4 Å². The molecule has 2 aromatic heterocycles. The molecule has 0 aliphatic heterocycles. The van der Waals surface area contributed by atoms with Crippen LogP contribution in [0.2, 0.25) is 0 Å². The monoisotopic (exact) mass is 439 g/mol. The van der Waals surface area contributed by atoms with E-state index in [1.54, 1.807) is 28.8 Å². The van der Waals surface area contributed by atoms with Crippen molar-refractivity contribution < 1.29 is 8.42 Å². The quantitative estimate of drug-likeness (QED) is 0.466. The van der Waals surface area contributed by atoms with Crippen LogP contribution in [0.15, 0.2) is 63.6 Å². The Labute approximate surface area is 179 Å². The second-order valence-corrected chi connectivity index (χ2v) is 9.82. The van der Waals surface area contributed by atoms with Crippen LogP contribution in [0.25, 0.3) is 5.78 Å². The number of anilines is 1. The molecule has 4 aromatic rings. The molecule has 0 spiro atoms. The van der Waals surface area contributed by atoms with E-state index in [1.807, 2.05) is 45.9 Å². The lowest BCUT2D eigenvalue weighted by Crippen LogP contribution is -2.13. The Bertz CT molecular complexity index is 1350. The predicted octanol–water partition coefficient (Wildman–Crippen LogP) is 4.31. The van der Waals surface area contributed by atoms with Gasteiger partial charge in [-0.3, -0.25) is 4.72 Å². The topological polar surface area (TPSA) is 89.2 Å². The van der Waals surface area contributed by atoms with Gasteiger partial charge in [-0.1, -0.05) is 17.8 Å². The van der Waals surface area contributed by atoms with Gasteiger partial charge in [0.25, 0.3) is 15.8 Å². The second kappa shape index (κ2) is 7.73. The molecule has 0 aliphatic carbocycles. The zero-order valence-corrected chi connectivity index (χ0v) is 18.7. The van der Waals surface area contributed by atoms with E-state index >= 15 is 0 Å². The number of sulfonamides is 1. The van der Waals surface area contributed by atoms with Gasteiger partial charge in [0, 0.05) is 21.8 Å². The van der Waals surface area contributed by atoms with Crippen molar-refractivity contribution in [2.45, 2.75) is 42.5 Å². The molecule has 0 saturated heterocycles. The van der Waals surface area contributed by atoms with Crippen molar-refractivity contribution >= 4 is 33.3 Å². The Balaban J connectivity index is 1.57. The molecule has 0 saturated carbocycles. The van der Waals surface area contributed by atoms with E-state index < -0.39 is 10.0 Å². The first-order valence-corrected chi connectivity index (χ1v) is 11.6. The minimum atomic E-state index is -3.65. The predicted molar refractivity (Wildman–Crippen MR) is 118 cm³/mol. The number of aromatic nitrogens is 4. The molecule has 0 radical (unpaired) electrons. The number of rotatable bonds is 5. The molecule has 0 bridgehead atoms.